The Morgan fingerprint density at radius 3 is 2.48 bits per heavy atom. The summed E-state index contributed by atoms with van der Waals surface area (Å²) in [4.78, 5) is 0. The van der Waals surface area contributed by atoms with Gasteiger partial charge in [-0.05, 0) is 46.2 Å². The Balaban J connectivity index is 2.01. The van der Waals surface area contributed by atoms with E-state index in [0.717, 1.165) is 43.6 Å². The van der Waals surface area contributed by atoms with Crippen molar-refractivity contribution >= 4 is 33.4 Å². The van der Waals surface area contributed by atoms with Crippen LogP contribution in [0.5, 0.6) is 5.75 Å². The van der Waals surface area contributed by atoms with Gasteiger partial charge in [0.15, 0.2) is 0 Å². The first-order chi connectivity index (χ1) is 11.3. The molecule has 0 bridgehead atoms. The summed E-state index contributed by atoms with van der Waals surface area (Å²) < 4.78 is 0. The zero-order chi connectivity index (χ0) is 15.4. The summed E-state index contributed by atoms with van der Waals surface area (Å²) in [5.74, 6) is 0.298. The van der Waals surface area contributed by atoms with Gasteiger partial charge in [-0.25, -0.2) is 0 Å². The molecule has 108 valence electrons. The number of hydrogen-bond donors (Lipinski definition) is 1. The molecule has 0 saturated carbocycles. The van der Waals surface area contributed by atoms with Gasteiger partial charge in [0.1, 0.15) is 5.75 Å². The molecule has 1 aliphatic heterocycles. The van der Waals surface area contributed by atoms with Crippen molar-refractivity contribution < 1.29 is 5.11 Å². The average molecular weight is 296 g/mol. The van der Waals surface area contributed by atoms with Crippen LogP contribution in [-0.4, -0.2) is 5.11 Å². The van der Waals surface area contributed by atoms with Crippen molar-refractivity contribution in [3.8, 4) is 16.9 Å². The van der Waals surface area contributed by atoms with Crippen LogP contribution in [0.15, 0.2) is 70.9 Å². The van der Waals surface area contributed by atoms with E-state index in [1.54, 1.807) is 12.3 Å². The predicted molar refractivity (Wildman–Crippen MR) is 92.8 cm³/mol. The van der Waals surface area contributed by atoms with Crippen molar-refractivity contribution in [2.45, 2.75) is 0 Å². The van der Waals surface area contributed by atoms with E-state index < -0.39 is 0 Å². The number of azo groups is 1. The first kappa shape index (κ1) is 12.4. The number of fused-ring (bicyclic) bond motifs is 2. The lowest BCUT2D eigenvalue weighted by atomic mass is 9.93. The van der Waals surface area contributed by atoms with Gasteiger partial charge in [-0.1, -0.05) is 36.4 Å². The van der Waals surface area contributed by atoms with E-state index >= 15 is 0 Å². The second-order valence-electron chi connectivity index (χ2n) is 5.77. The Morgan fingerprint density at radius 1 is 0.783 bits per heavy atom. The Labute approximate surface area is 132 Å². The molecule has 1 N–H and O–H groups in total. The molecule has 0 radical (unpaired) electrons. The SMILES string of the molecule is Oc1ccc2cc3c(c4cc(-c5ccccc5)cc1c24)=CN=N3. The van der Waals surface area contributed by atoms with Gasteiger partial charge in [0.05, 0.1) is 11.9 Å². The molecule has 4 aromatic rings. The molecule has 3 heteroatoms. The van der Waals surface area contributed by atoms with E-state index in [-0.39, 0.29) is 0 Å². The Bertz CT molecular complexity index is 1160. The van der Waals surface area contributed by atoms with Crippen LogP contribution in [0.25, 0.3) is 38.9 Å². The minimum absolute atomic E-state index is 0.298. The maximum absolute atomic E-state index is 10.4. The van der Waals surface area contributed by atoms with Gasteiger partial charge in [-0.15, -0.1) is 0 Å². The minimum atomic E-state index is 0.298. The van der Waals surface area contributed by atoms with Crippen LogP contribution >= 0.6 is 0 Å². The maximum atomic E-state index is 10.4. The number of benzene rings is 4. The topological polar surface area (TPSA) is 45.0 Å². The highest BCUT2D eigenvalue weighted by atomic mass is 16.3. The number of phenolic OH excluding ortho intramolecular Hbond substituents is 1. The summed E-state index contributed by atoms with van der Waals surface area (Å²) in [6, 6.07) is 20.1. The molecule has 1 aliphatic rings. The van der Waals surface area contributed by atoms with Crippen molar-refractivity contribution in [2.24, 2.45) is 10.2 Å². The second kappa shape index (κ2) is 4.40. The first-order valence-corrected chi connectivity index (χ1v) is 7.50. The molecule has 0 fully saturated rings. The summed E-state index contributed by atoms with van der Waals surface area (Å²) in [5, 5.41) is 23.7. The fourth-order valence-corrected chi connectivity index (χ4v) is 3.36. The second-order valence-corrected chi connectivity index (χ2v) is 5.77. The highest BCUT2D eigenvalue weighted by Gasteiger charge is 2.14. The van der Waals surface area contributed by atoms with Gasteiger partial charge in [0, 0.05) is 16.0 Å². The van der Waals surface area contributed by atoms with Gasteiger partial charge < -0.3 is 5.11 Å². The van der Waals surface area contributed by atoms with Crippen LogP contribution in [0.3, 0.4) is 0 Å². The van der Waals surface area contributed by atoms with Gasteiger partial charge in [0.2, 0.25) is 0 Å². The third kappa shape index (κ3) is 1.70. The minimum Gasteiger partial charge on any atom is -0.507 e. The molecule has 0 unspecified atom stereocenters. The van der Waals surface area contributed by atoms with Crippen LogP contribution in [0, 0.1) is 0 Å². The van der Waals surface area contributed by atoms with Gasteiger partial charge in [-0.2, -0.15) is 10.2 Å². The molecule has 0 aromatic heterocycles. The maximum Gasteiger partial charge on any atom is 0.123 e. The van der Waals surface area contributed by atoms with E-state index in [2.05, 4.69) is 34.5 Å². The number of hydrogen-bond acceptors (Lipinski definition) is 3. The van der Waals surface area contributed by atoms with Crippen molar-refractivity contribution in [3.63, 3.8) is 0 Å². The Kier molecular flexibility index (Phi) is 2.36. The van der Waals surface area contributed by atoms with Crippen LogP contribution < -0.4 is 5.22 Å². The number of nitrogens with zero attached hydrogens (tertiary/aromatic N) is 2. The molecule has 0 atom stereocenters. The average Bonchev–Trinajstić information content (AvgIpc) is 3.07. The first-order valence-electron chi connectivity index (χ1n) is 7.50. The van der Waals surface area contributed by atoms with E-state index in [4.69, 9.17) is 0 Å². The number of aromatic hydroxyl groups is 1. The zero-order valence-corrected chi connectivity index (χ0v) is 12.2. The van der Waals surface area contributed by atoms with E-state index in [9.17, 15) is 5.11 Å². The number of phenols is 1. The Hall–Kier alpha value is -3.20. The largest absolute Gasteiger partial charge is 0.507 e. The van der Waals surface area contributed by atoms with Crippen LogP contribution in [0.1, 0.15) is 0 Å². The third-order valence-corrected chi connectivity index (χ3v) is 4.44. The van der Waals surface area contributed by atoms with Crippen molar-refractivity contribution in [2.75, 3.05) is 0 Å². The molecule has 23 heavy (non-hydrogen) atoms. The number of rotatable bonds is 1. The molecular formula is C20H12N2O. The smallest absolute Gasteiger partial charge is 0.123 e. The lowest BCUT2D eigenvalue weighted by Crippen LogP contribution is -2.01. The van der Waals surface area contributed by atoms with Crippen molar-refractivity contribution in [3.05, 3.63) is 65.9 Å². The lowest BCUT2D eigenvalue weighted by Gasteiger charge is -2.11. The summed E-state index contributed by atoms with van der Waals surface area (Å²) in [6.45, 7) is 0. The molecular weight excluding hydrogens is 284 g/mol. The molecule has 1 heterocycles. The fourth-order valence-electron chi connectivity index (χ4n) is 3.36. The summed E-state index contributed by atoms with van der Waals surface area (Å²) in [6.07, 6.45) is 1.79. The molecule has 5 rings (SSSR count). The fraction of sp³-hybridized carbons (Fsp3) is 0. The lowest BCUT2D eigenvalue weighted by molar-refractivity contribution is 0.482. The molecule has 3 nitrogen and oxygen atoms in total. The molecule has 0 saturated heterocycles. The summed E-state index contributed by atoms with van der Waals surface area (Å²) >= 11 is 0. The van der Waals surface area contributed by atoms with E-state index in [0.29, 0.717) is 5.75 Å². The highest BCUT2D eigenvalue weighted by molar-refractivity contribution is 6.15. The Morgan fingerprint density at radius 2 is 1.61 bits per heavy atom. The zero-order valence-electron chi connectivity index (χ0n) is 12.2. The predicted octanol–water partition coefficient (Wildman–Crippen LogP) is 4.92. The van der Waals surface area contributed by atoms with Crippen LogP contribution in [0.4, 0.5) is 5.69 Å². The molecule has 0 spiro atoms. The monoisotopic (exact) mass is 296 g/mol. The normalized spacial score (nSPS) is 12.7. The third-order valence-electron chi connectivity index (χ3n) is 4.44. The van der Waals surface area contributed by atoms with E-state index in [1.807, 2.05) is 30.3 Å². The van der Waals surface area contributed by atoms with Crippen LogP contribution in [0.2, 0.25) is 0 Å². The van der Waals surface area contributed by atoms with E-state index in [1.165, 1.54) is 0 Å². The summed E-state index contributed by atoms with van der Waals surface area (Å²) in [7, 11) is 0. The highest BCUT2D eigenvalue weighted by Crippen LogP contribution is 2.37. The summed E-state index contributed by atoms with van der Waals surface area (Å²) in [5.41, 5.74) is 3.09. The van der Waals surface area contributed by atoms with Crippen molar-refractivity contribution in [1.29, 1.82) is 0 Å². The quantitative estimate of drug-likeness (QED) is 0.532. The van der Waals surface area contributed by atoms with Crippen molar-refractivity contribution in [1.82, 2.24) is 0 Å². The standard InChI is InChI=1S/C20H12N2O/c23-19-7-6-13-10-18-17(11-21-22-18)15-8-14(9-16(19)20(13)15)12-4-2-1-3-5-12/h1-11,23H. The molecule has 0 amide bonds. The van der Waals surface area contributed by atoms with Gasteiger partial charge >= 0.3 is 0 Å². The van der Waals surface area contributed by atoms with Gasteiger partial charge in [-0.3, -0.25) is 0 Å². The van der Waals surface area contributed by atoms with Crippen LogP contribution in [-0.2, 0) is 0 Å². The molecule has 0 aliphatic carbocycles. The molecule has 4 aromatic carbocycles. The van der Waals surface area contributed by atoms with Gasteiger partial charge in [0.25, 0.3) is 0 Å².